The lowest BCUT2D eigenvalue weighted by atomic mass is 10.1. The minimum atomic E-state index is -3.96. The average Bonchev–Trinajstić information content (AvgIpc) is 3.38. The third kappa shape index (κ3) is 4.35. The lowest BCUT2D eigenvalue weighted by molar-refractivity contribution is 0.102. The number of ether oxygens (including phenoxy) is 1. The number of nitrogens with one attached hydrogen (secondary N) is 1. The van der Waals surface area contributed by atoms with Gasteiger partial charge in [-0.05, 0) is 48.9 Å². The highest BCUT2D eigenvalue weighted by atomic mass is 32.2. The van der Waals surface area contributed by atoms with Crippen LogP contribution in [0.1, 0.15) is 15.9 Å². The number of sulfonamides is 1. The zero-order chi connectivity index (χ0) is 24.3. The van der Waals surface area contributed by atoms with Crippen molar-refractivity contribution in [1.82, 2.24) is 14.8 Å². The lowest BCUT2D eigenvalue weighted by Crippen LogP contribution is -2.27. The smallest absolute Gasteiger partial charge is 0.264 e. The second-order valence-corrected chi connectivity index (χ2v) is 9.40. The number of hydrogen-bond donors (Lipinski definition) is 1. The van der Waals surface area contributed by atoms with E-state index in [4.69, 9.17) is 4.74 Å². The highest BCUT2D eigenvalue weighted by Crippen LogP contribution is 2.31. The monoisotopic (exact) mass is 477 g/mol. The molecule has 0 spiro atoms. The molecule has 0 atom stereocenters. The van der Waals surface area contributed by atoms with Gasteiger partial charge in [-0.1, -0.05) is 30.3 Å². The minimum absolute atomic E-state index is 0.0128. The maximum atomic E-state index is 13.4. The number of aryl methyl sites for hydroxylation is 1. The van der Waals surface area contributed by atoms with Crippen LogP contribution in [-0.4, -0.2) is 43.2 Å². The Labute approximate surface area is 197 Å². The van der Waals surface area contributed by atoms with E-state index in [0.717, 1.165) is 4.31 Å². The van der Waals surface area contributed by atoms with E-state index in [9.17, 15) is 13.2 Å². The number of carbonyl (C=O) groups excluding carboxylic acids is 1. The van der Waals surface area contributed by atoms with Gasteiger partial charge in [0.05, 0.1) is 29.1 Å². The van der Waals surface area contributed by atoms with Gasteiger partial charge in [-0.15, -0.1) is 0 Å². The van der Waals surface area contributed by atoms with E-state index in [1.54, 1.807) is 55.5 Å². The van der Waals surface area contributed by atoms with Gasteiger partial charge in [-0.2, -0.15) is 5.10 Å². The quantitative estimate of drug-likeness (QED) is 0.435. The summed E-state index contributed by atoms with van der Waals surface area (Å²) in [5, 5.41) is 6.97. The largest absolute Gasteiger partial charge is 0.495 e. The van der Waals surface area contributed by atoms with Crippen molar-refractivity contribution in [1.29, 1.82) is 0 Å². The maximum absolute atomic E-state index is 13.4. The van der Waals surface area contributed by atoms with Gasteiger partial charge in [0.2, 0.25) is 0 Å². The molecule has 0 bridgehead atoms. The normalized spacial score (nSPS) is 11.1. The molecule has 3 aromatic carbocycles. The molecule has 34 heavy (non-hydrogen) atoms. The second kappa shape index (κ2) is 9.36. The first-order valence-electron chi connectivity index (χ1n) is 10.3. The second-order valence-electron chi connectivity index (χ2n) is 7.43. The van der Waals surface area contributed by atoms with Crippen molar-refractivity contribution in [3.05, 3.63) is 90.5 Å². The molecule has 4 rings (SSSR count). The van der Waals surface area contributed by atoms with Crippen molar-refractivity contribution in [2.45, 2.75) is 11.8 Å². The molecule has 0 radical (unpaired) electrons. The summed E-state index contributed by atoms with van der Waals surface area (Å²) >= 11 is 0. The van der Waals surface area contributed by atoms with Crippen molar-refractivity contribution >= 4 is 27.3 Å². The summed E-state index contributed by atoms with van der Waals surface area (Å²) in [7, 11) is -1.04. The SMILES string of the molecule is COc1ccccc1N(C)S(=O)(=O)c1ccc(C)c(C(=O)Nc2ccccc2-n2cncn2)c1. The van der Waals surface area contributed by atoms with Gasteiger partial charge in [0.15, 0.2) is 0 Å². The molecule has 1 aromatic heterocycles. The van der Waals surface area contributed by atoms with Gasteiger partial charge in [0, 0.05) is 12.6 Å². The molecule has 0 aliphatic carbocycles. The summed E-state index contributed by atoms with van der Waals surface area (Å²) in [6.45, 7) is 1.75. The van der Waals surface area contributed by atoms with Gasteiger partial charge in [0.1, 0.15) is 18.4 Å². The molecular weight excluding hydrogens is 454 g/mol. The van der Waals surface area contributed by atoms with E-state index in [1.807, 2.05) is 6.07 Å². The zero-order valence-electron chi connectivity index (χ0n) is 18.8. The zero-order valence-corrected chi connectivity index (χ0v) is 19.7. The van der Waals surface area contributed by atoms with Crippen LogP contribution in [-0.2, 0) is 10.0 Å². The number of para-hydroxylation sites is 4. The van der Waals surface area contributed by atoms with Crippen LogP contribution in [0.5, 0.6) is 5.75 Å². The molecule has 10 heteroatoms. The Morgan fingerprint density at radius 2 is 1.79 bits per heavy atom. The van der Waals surface area contributed by atoms with Crippen LogP contribution in [0.15, 0.2) is 84.3 Å². The number of methoxy groups -OCH3 is 1. The Bertz CT molecular complexity index is 1440. The van der Waals surface area contributed by atoms with Crippen LogP contribution in [0.4, 0.5) is 11.4 Å². The van der Waals surface area contributed by atoms with E-state index >= 15 is 0 Å². The number of hydrogen-bond acceptors (Lipinski definition) is 6. The average molecular weight is 478 g/mol. The number of anilines is 2. The van der Waals surface area contributed by atoms with E-state index in [0.29, 0.717) is 28.4 Å². The van der Waals surface area contributed by atoms with Gasteiger partial charge >= 0.3 is 0 Å². The predicted octanol–water partition coefficient (Wildman–Crippen LogP) is 3.66. The van der Waals surface area contributed by atoms with Crippen molar-refractivity contribution in [2.24, 2.45) is 0 Å². The summed E-state index contributed by atoms with van der Waals surface area (Å²) in [5.74, 6) is -0.0227. The highest BCUT2D eigenvalue weighted by Gasteiger charge is 2.25. The number of benzene rings is 3. The molecule has 0 aliphatic heterocycles. The first-order chi connectivity index (χ1) is 16.3. The van der Waals surface area contributed by atoms with E-state index in [-0.39, 0.29) is 10.5 Å². The minimum Gasteiger partial charge on any atom is -0.495 e. The topological polar surface area (TPSA) is 106 Å². The molecule has 9 nitrogen and oxygen atoms in total. The summed E-state index contributed by atoms with van der Waals surface area (Å²) in [6, 6.07) is 18.4. The fourth-order valence-electron chi connectivity index (χ4n) is 3.49. The third-order valence-electron chi connectivity index (χ3n) is 5.35. The first kappa shape index (κ1) is 23.0. The van der Waals surface area contributed by atoms with E-state index < -0.39 is 15.9 Å². The fraction of sp³-hybridized carbons (Fsp3) is 0.125. The summed E-state index contributed by atoms with van der Waals surface area (Å²) in [6.07, 6.45) is 2.92. The summed E-state index contributed by atoms with van der Waals surface area (Å²) < 4.78 is 34.7. The third-order valence-corrected chi connectivity index (χ3v) is 7.12. The van der Waals surface area contributed by atoms with Crippen molar-refractivity contribution < 1.29 is 17.9 Å². The van der Waals surface area contributed by atoms with Crippen molar-refractivity contribution in [3.8, 4) is 11.4 Å². The molecule has 0 saturated carbocycles. The molecule has 1 amide bonds. The van der Waals surface area contributed by atoms with Gasteiger partial charge in [-0.25, -0.2) is 18.1 Å². The molecule has 0 aliphatic rings. The summed E-state index contributed by atoms with van der Waals surface area (Å²) in [4.78, 5) is 17.1. The number of amides is 1. The van der Waals surface area contributed by atoms with Crippen LogP contribution in [0, 0.1) is 6.92 Å². The van der Waals surface area contributed by atoms with E-state index in [2.05, 4.69) is 15.4 Å². The lowest BCUT2D eigenvalue weighted by Gasteiger charge is -2.22. The van der Waals surface area contributed by atoms with Crippen molar-refractivity contribution in [3.63, 3.8) is 0 Å². The molecule has 4 aromatic rings. The molecule has 0 fully saturated rings. The Balaban J connectivity index is 1.67. The number of carbonyl (C=O) groups is 1. The van der Waals surface area contributed by atoms with Gasteiger partial charge in [0.25, 0.3) is 15.9 Å². The Hall–Kier alpha value is -4.18. The Kier molecular flexibility index (Phi) is 6.33. The number of nitrogens with zero attached hydrogens (tertiary/aromatic N) is 4. The predicted molar refractivity (Wildman–Crippen MR) is 129 cm³/mol. The van der Waals surface area contributed by atoms with Crippen LogP contribution >= 0.6 is 0 Å². The van der Waals surface area contributed by atoms with Crippen LogP contribution in [0.2, 0.25) is 0 Å². The first-order valence-corrected chi connectivity index (χ1v) is 11.7. The fourth-order valence-corrected chi connectivity index (χ4v) is 4.72. The number of rotatable bonds is 7. The molecule has 0 unspecified atom stereocenters. The molecule has 174 valence electrons. The maximum Gasteiger partial charge on any atom is 0.264 e. The van der Waals surface area contributed by atoms with Gasteiger partial charge < -0.3 is 10.1 Å². The van der Waals surface area contributed by atoms with Crippen LogP contribution < -0.4 is 14.4 Å². The van der Waals surface area contributed by atoms with Crippen LogP contribution in [0.25, 0.3) is 5.69 Å². The Morgan fingerprint density at radius 3 is 2.53 bits per heavy atom. The van der Waals surface area contributed by atoms with E-state index in [1.165, 1.54) is 43.6 Å². The Morgan fingerprint density at radius 1 is 1.06 bits per heavy atom. The summed E-state index contributed by atoms with van der Waals surface area (Å²) in [5.41, 5.74) is 2.40. The molecule has 0 saturated heterocycles. The molecule has 1 heterocycles. The van der Waals surface area contributed by atoms with Gasteiger partial charge in [-0.3, -0.25) is 9.10 Å². The standard InChI is InChI=1S/C24H23N5O4S/c1-17-12-13-18(34(31,32)28(2)22-10-6-7-11-23(22)33-3)14-19(17)24(30)27-20-8-4-5-9-21(20)29-16-25-15-26-29/h4-16H,1-3H3,(H,27,30). The molecule has 1 N–H and O–H groups in total. The van der Waals surface area contributed by atoms with Crippen molar-refractivity contribution in [2.75, 3.05) is 23.8 Å². The highest BCUT2D eigenvalue weighted by molar-refractivity contribution is 7.92. The van der Waals surface area contributed by atoms with Crippen LogP contribution in [0.3, 0.4) is 0 Å². The molecular formula is C24H23N5O4S. The number of aromatic nitrogens is 3.